The van der Waals surface area contributed by atoms with Crippen LogP contribution >= 0.6 is 31.9 Å². The molecule has 1 unspecified atom stereocenters. The lowest BCUT2D eigenvalue weighted by molar-refractivity contribution is 0.589. The summed E-state index contributed by atoms with van der Waals surface area (Å²) in [4.78, 5) is 4.16. The van der Waals surface area contributed by atoms with Crippen molar-refractivity contribution >= 4 is 41.7 Å². The number of hydrogen-bond acceptors (Lipinski definition) is 4. The van der Waals surface area contributed by atoms with Gasteiger partial charge in [-0.3, -0.25) is 4.98 Å². The van der Waals surface area contributed by atoms with E-state index in [4.69, 9.17) is 5.73 Å². The zero-order valence-electron chi connectivity index (χ0n) is 8.65. The molecule has 0 bridgehead atoms. The summed E-state index contributed by atoms with van der Waals surface area (Å²) in [5.41, 5.74) is 6.55. The molecular weight excluding hydrogens is 360 g/mol. The molecule has 4 nitrogen and oxygen atoms in total. The molecule has 0 aromatic carbocycles. The monoisotopic (exact) mass is 370 g/mol. The summed E-state index contributed by atoms with van der Waals surface area (Å²) < 4.78 is 23.6. The second kappa shape index (κ2) is 5.57. The zero-order valence-corrected chi connectivity index (χ0v) is 12.6. The van der Waals surface area contributed by atoms with Crippen LogP contribution in [0.3, 0.4) is 0 Å². The highest BCUT2D eigenvalue weighted by Gasteiger charge is 2.14. The molecule has 0 aliphatic heterocycles. The number of hydrogen-bond donors (Lipinski definition) is 1. The summed E-state index contributed by atoms with van der Waals surface area (Å²) in [7, 11) is -2.98. The lowest BCUT2D eigenvalue weighted by Gasteiger charge is -2.12. The molecule has 7 heteroatoms. The van der Waals surface area contributed by atoms with E-state index in [1.165, 1.54) is 6.26 Å². The first kappa shape index (κ1) is 14.1. The van der Waals surface area contributed by atoms with Gasteiger partial charge in [-0.2, -0.15) is 0 Å². The Kier molecular flexibility index (Phi) is 4.90. The zero-order chi connectivity index (χ0) is 12.3. The summed E-state index contributed by atoms with van der Waals surface area (Å²) >= 11 is 6.63. The van der Waals surface area contributed by atoms with Crippen LogP contribution in [-0.2, 0) is 9.84 Å². The third-order valence-electron chi connectivity index (χ3n) is 1.99. The van der Waals surface area contributed by atoms with Gasteiger partial charge in [0.25, 0.3) is 0 Å². The van der Waals surface area contributed by atoms with Crippen LogP contribution in [0.15, 0.2) is 21.2 Å². The number of nitrogens with zero attached hydrogens (tertiary/aromatic N) is 1. The maximum atomic E-state index is 11.0. The molecule has 0 aliphatic carbocycles. The van der Waals surface area contributed by atoms with Crippen molar-refractivity contribution in [3.8, 4) is 0 Å². The number of rotatable bonds is 4. The summed E-state index contributed by atoms with van der Waals surface area (Å²) in [5.74, 6) is 0.0678. The molecule has 1 aromatic rings. The van der Waals surface area contributed by atoms with Crippen molar-refractivity contribution in [1.29, 1.82) is 0 Å². The number of pyridine rings is 1. The van der Waals surface area contributed by atoms with Crippen LogP contribution in [-0.4, -0.2) is 25.4 Å². The Hall–Kier alpha value is 0.0200. The highest BCUT2D eigenvalue weighted by molar-refractivity contribution is 9.11. The van der Waals surface area contributed by atoms with Gasteiger partial charge in [0.15, 0.2) is 0 Å². The lowest BCUT2D eigenvalue weighted by Crippen LogP contribution is -2.17. The van der Waals surface area contributed by atoms with Crippen LogP contribution < -0.4 is 5.73 Å². The molecule has 90 valence electrons. The van der Waals surface area contributed by atoms with Crippen molar-refractivity contribution in [3.05, 3.63) is 26.9 Å². The SMILES string of the molecule is CS(=O)(=O)CCC(N)c1ncc(Br)cc1Br. The van der Waals surface area contributed by atoms with Crippen molar-refractivity contribution in [2.24, 2.45) is 5.73 Å². The molecule has 16 heavy (non-hydrogen) atoms. The third kappa shape index (κ3) is 4.48. The van der Waals surface area contributed by atoms with Gasteiger partial charge in [-0.1, -0.05) is 0 Å². The van der Waals surface area contributed by atoms with Crippen molar-refractivity contribution < 1.29 is 8.42 Å². The number of aromatic nitrogens is 1. The van der Waals surface area contributed by atoms with Crippen molar-refractivity contribution in [2.45, 2.75) is 12.5 Å². The summed E-state index contributed by atoms with van der Waals surface area (Å²) in [6, 6.07) is 1.46. The first-order valence-electron chi connectivity index (χ1n) is 4.54. The highest BCUT2D eigenvalue weighted by Crippen LogP contribution is 2.25. The van der Waals surface area contributed by atoms with E-state index in [0.717, 1.165) is 8.95 Å². The predicted octanol–water partition coefficient (Wildman–Crippen LogP) is 2.04. The van der Waals surface area contributed by atoms with Gasteiger partial charge in [0.05, 0.1) is 11.4 Å². The van der Waals surface area contributed by atoms with E-state index >= 15 is 0 Å². The quantitative estimate of drug-likeness (QED) is 0.878. The minimum atomic E-state index is -2.98. The maximum absolute atomic E-state index is 11.0. The Morgan fingerprint density at radius 1 is 1.50 bits per heavy atom. The Labute approximate surface area is 112 Å². The van der Waals surface area contributed by atoms with E-state index in [9.17, 15) is 8.42 Å². The van der Waals surface area contributed by atoms with E-state index in [2.05, 4.69) is 36.8 Å². The van der Waals surface area contributed by atoms with Crippen LogP contribution in [0.1, 0.15) is 18.2 Å². The maximum Gasteiger partial charge on any atom is 0.147 e. The van der Waals surface area contributed by atoms with Crippen LogP contribution in [0.5, 0.6) is 0 Å². The van der Waals surface area contributed by atoms with E-state index in [0.29, 0.717) is 12.1 Å². The van der Waals surface area contributed by atoms with Gasteiger partial charge in [-0.05, 0) is 44.3 Å². The van der Waals surface area contributed by atoms with E-state index in [1.54, 1.807) is 6.20 Å². The molecule has 1 rings (SSSR count). The molecule has 0 aliphatic rings. The van der Waals surface area contributed by atoms with Crippen molar-refractivity contribution in [1.82, 2.24) is 4.98 Å². The van der Waals surface area contributed by atoms with Gasteiger partial charge in [0.2, 0.25) is 0 Å². The van der Waals surface area contributed by atoms with Gasteiger partial charge in [0.1, 0.15) is 9.84 Å². The lowest BCUT2D eigenvalue weighted by atomic mass is 10.1. The van der Waals surface area contributed by atoms with Gasteiger partial charge < -0.3 is 5.73 Å². The molecule has 0 amide bonds. The Morgan fingerprint density at radius 3 is 2.62 bits per heavy atom. The Morgan fingerprint density at radius 2 is 2.12 bits per heavy atom. The second-order valence-electron chi connectivity index (χ2n) is 3.55. The molecule has 0 saturated heterocycles. The van der Waals surface area contributed by atoms with Crippen molar-refractivity contribution in [3.63, 3.8) is 0 Å². The second-order valence-corrected chi connectivity index (χ2v) is 7.58. The standard InChI is InChI=1S/C9H12Br2N2O2S/c1-16(14,15)3-2-8(12)9-7(11)4-6(10)5-13-9/h4-5,8H,2-3,12H2,1H3. The summed E-state index contributed by atoms with van der Waals surface area (Å²) in [6.45, 7) is 0. The van der Waals surface area contributed by atoms with Crippen LogP contribution in [0.2, 0.25) is 0 Å². The summed E-state index contributed by atoms with van der Waals surface area (Å²) in [6.07, 6.45) is 3.20. The number of sulfone groups is 1. The molecule has 0 fully saturated rings. The van der Waals surface area contributed by atoms with Crippen molar-refractivity contribution in [2.75, 3.05) is 12.0 Å². The smallest absolute Gasteiger partial charge is 0.147 e. The Balaban J connectivity index is 2.77. The average Bonchev–Trinajstić information content (AvgIpc) is 2.13. The minimum absolute atomic E-state index is 0.0678. The van der Waals surface area contributed by atoms with Gasteiger partial charge in [0, 0.05) is 27.4 Å². The van der Waals surface area contributed by atoms with Gasteiger partial charge in [-0.15, -0.1) is 0 Å². The third-order valence-corrected chi connectivity index (χ3v) is 4.03. The number of halogens is 2. The Bertz CT molecular complexity index is 476. The molecular formula is C9H12Br2N2O2S. The average molecular weight is 372 g/mol. The molecule has 0 spiro atoms. The van der Waals surface area contributed by atoms with Crippen LogP contribution in [0, 0.1) is 0 Å². The molecule has 0 radical (unpaired) electrons. The topological polar surface area (TPSA) is 73.0 Å². The largest absolute Gasteiger partial charge is 0.323 e. The first-order chi connectivity index (χ1) is 7.29. The molecule has 1 aromatic heterocycles. The normalized spacial score (nSPS) is 13.8. The van der Waals surface area contributed by atoms with Crippen LogP contribution in [0.25, 0.3) is 0 Å². The number of nitrogens with two attached hydrogens (primary N) is 1. The predicted molar refractivity (Wildman–Crippen MR) is 70.9 cm³/mol. The minimum Gasteiger partial charge on any atom is -0.323 e. The first-order valence-corrected chi connectivity index (χ1v) is 8.18. The van der Waals surface area contributed by atoms with E-state index in [-0.39, 0.29) is 11.8 Å². The summed E-state index contributed by atoms with van der Waals surface area (Å²) in [5, 5.41) is 0. The fourth-order valence-electron chi connectivity index (χ4n) is 1.18. The van der Waals surface area contributed by atoms with E-state index < -0.39 is 9.84 Å². The molecule has 2 N–H and O–H groups in total. The molecule has 1 heterocycles. The van der Waals surface area contributed by atoms with Crippen LogP contribution in [0.4, 0.5) is 0 Å². The van der Waals surface area contributed by atoms with Gasteiger partial charge in [-0.25, -0.2) is 8.42 Å². The fourth-order valence-corrected chi connectivity index (χ4v) is 3.14. The fraction of sp³-hybridized carbons (Fsp3) is 0.444. The van der Waals surface area contributed by atoms with Gasteiger partial charge >= 0.3 is 0 Å². The molecule has 1 atom stereocenters. The van der Waals surface area contributed by atoms with E-state index in [1.807, 2.05) is 6.07 Å². The molecule has 0 saturated carbocycles. The highest BCUT2D eigenvalue weighted by atomic mass is 79.9.